The van der Waals surface area contributed by atoms with Crippen LogP contribution in [0.5, 0.6) is 11.5 Å². The molecule has 0 unspecified atom stereocenters. The van der Waals surface area contributed by atoms with Crippen LogP contribution in [0.25, 0.3) is 0 Å². The van der Waals surface area contributed by atoms with Gasteiger partial charge >= 0.3 is 6.03 Å². The maximum atomic E-state index is 14.3. The second-order valence-electron chi connectivity index (χ2n) is 6.19. The number of pyridine rings is 1. The molecule has 29 heavy (non-hydrogen) atoms. The van der Waals surface area contributed by atoms with Crippen molar-refractivity contribution in [3.63, 3.8) is 0 Å². The lowest BCUT2D eigenvalue weighted by molar-refractivity contribution is -0.119. The number of halogens is 2. The topological polar surface area (TPSA) is 80.3 Å². The number of rotatable bonds is 5. The van der Waals surface area contributed by atoms with Gasteiger partial charge in [-0.3, -0.25) is 15.1 Å². The molecule has 148 valence electrons. The molecule has 3 amide bonds. The average Bonchev–Trinajstić information content (AvgIpc) is 2.66. The van der Waals surface area contributed by atoms with Gasteiger partial charge in [-0.05, 0) is 42.8 Å². The van der Waals surface area contributed by atoms with Gasteiger partial charge in [-0.1, -0.05) is 12.1 Å². The van der Waals surface area contributed by atoms with E-state index in [4.69, 9.17) is 4.74 Å². The molecular formula is C21H17F2N3O3. The van der Waals surface area contributed by atoms with Crippen LogP contribution in [0.15, 0.2) is 60.8 Å². The average molecular weight is 397 g/mol. The number of carbonyl (C=O) groups excluding carboxylic acids is 2. The molecule has 1 aromatic heterocycles. The molecule has 0 fully saturated rings. The number of aromatic nitrogens is 1. The molecule has 0 spiro atoms. The van der Waals surface area contributed by atoms with Crippen LogP contribution in [0.1, 0.15) is 11.3 Å². The number of urea groups is 1. The monoisotopic (exact) mass is 397 g/mol. The van der Waals surface area contributed by atoms with Gasteiger partial charge in [0.25, 0.3) is 0 Å². The van der Waals surface area contributed by atoms with Crippen molar-refractivity contribution in [2.24, 2.45) is 0 Å². The Morgan fingerprint density at radius 2 is 1.79 bits per heavy atom. The minimum Gasteiger partial charge on any atom is -0.454 e. The zero-order valence-electron chi connectivity index (χ0n) is 15.4. The number of anilines is 1. The number of ether oxygens (including phenoxy) is 1. The van der Waals surface area contributed by atoms with Crippen molar-refractivity contribution in [3.05, 3.63) is 83.7 Å². The number of amides is 3. The molecule has 0 radical (unpaired) electrons. The molecule has 8 heteroatoms. The van der Waals surface area contributed by atoms with Crippen LogP contribution in [0.4, 0.5) is 19.3 Å². The predicted molar refractivity (Wildman–Crippen MR) is 103 cm³/mol. The summed E-state index contributed by atoms with van der Waals surface area (Å²) < 4.78 is 32.6. The van der Waals surface area contributed by atoms with E-state index in [-0.39, 0.29) is 17.9 Å². The van der Waals surface area contributed by atoms with E-state index in [1.807, 2.05) is 0 Å². The first-order valence-electron chi connectivity index (χ1n) is 8.64. The van der Waals surface area contributed by atoms with Crippen LogP contribution in [-0.2, 0) is 11.2 Å². The number of nitrogens with zero attached hydrogens (tertiary/aromatic N) is 1. The third kappa shape index (κ3) is 5.83. The highest BCUT2D eigenvalue weighted by Crippen LogP contribution is 2.26. The summed E-state index contributed by atoms with van der Waals surface area (Å²) in [6.07, 6.45) is 1.45. The van der Waals surface area contributed by atoms with Crippen LogP contribution >= 0.6 is 0 Å². The van der Waals surface area contributed by atoms with Crippen molar-refractivity contribution in [1.29, 1.82) is 0 Å². The van der Waals surface area contributed by atoms with E-state index in [0.29, 0.717) is 11.3 Å². The molecule has 6 nitrogen and oxygen atoms in total. The third-order valence-electron chi connectivity index (χ3n) is 3.82. The number of carbonyl (C=O) groups is 2. The lowest BCUT2D eigenvalue weighted by atomic mass is 10.1. The van der Waals surface area contributed by atoms with E-state index in [2.05, 4.69) is 15.6 Å². The normalized spacial score (nSPS) is 10.3. The number of benzene rings is 2. The molecule has 0 bridgehead atoms. The summed E-state index contributed by atoms with van der Waals surface area (Å²) in [4.78, 5) is 27.8. The SMILES string of the molecule is Cc1cc(Oc2ccc(NC(=O)NC(=O)Cc3ccc(F)cc3)cc2F)ccn1. The molecular weight excluding hydrogens is 380 g/mol. The first kappa shape index (κ1) is 19.9. The second-order valence-corrected chi connectivity index (χ2v) is 6.19. The summed E-state index contributed by atoms with van der Waals surface area (Å²) in [6.45, 7) is 1.78. The second kappa shape index (κ2) is 8.92. The Kier molecular flexibility index (Phi) is 6.13. The fraction of sp³-hybridized carbons (Fsp3) is 0.0952. The zero-order valence-corrected chi connectivity index (χ0v) is 15.4. The molecule has 0 saturated carbocycles. The summed E-state index contributed by atoms with van der Waals surface area (Å²) in [5.74, 6) is -1.27. The lowest BCUT2D eigenvalue weighted by Crippen LogP contribution is -2.35. The van der Waals surface area contributed by atoms with Crippen molar-refractivity contribution < 1.29 is 23.1 Å². The smallest absolute Gasteiger partial charge is 0.325 e. The Bertz CT molecular complexity index is 1040. The Labute approximate surface area is 165 Å². The number of hydrogen-bond acceptors (Lipinski definition) is 4. The number of imide groups is 1. The van der Waals surface area contributed by atoms with Crippen LogP contribution in [0.2, 0.25) is 0 Å². The molecule has 0 aliphatic heterocycles. The van der Waals surface area contributed by atoms with Crippen molar-refractivity contribution in [2.45, 2.75) is 13.3 Å². The van der Waals surface area contributed by atoms with Crippen molar-refractivity contribution in [3.8, 4) is 11.5 Å². The summed E-state index contributed by atoms with van der Waals surface area (Å²) in [6, 6.07) is 11.7. The van der Waals surface area contributed by atoms with Gasteiger partial charge in [-0.25, -0.2) is 13.6 Å². The van der Waals surface area contributed by atoms with Crippen molar-refractivity contribution in [2.75, 3.05) is 5.32 Å². The summed E-state index contributed by atoms with van der Waals surface area (Å²) in [5.41, 5.74) is 1.42. The summed E-state index contributed by atoms with van der Waals surface area (Å²) in [5, 5.41) is 4.50. The Morgan fingerprint density at radius 1 is 1.03 bits per heavy atom. The molecule has 3 rings (SSSR count). The fourth-order valence-corrected chi connectivity index (χ4v) is 2.49. The van der Waals surface area contributed by atoms with Gasteiger partial charge in [-0.15, -0.1) is 0 Å². The van der Waals surface area contributed by atoms with Gasteiger partial charge < -0.3 is 10.1 Å². The molecule has 0 aliphatic rings. The van der Waals surface area contributed by atoms with Gasteiger partial charge in [0, 0.05) is 29.7 Å². The Hall–Kier alpha value is -3.81. The van der Waals surface area contributed by atoms with Gasteiger partial charge in [0.15, 0.2) is 11.6 Å². The van der Waals surface area contributed by atoms with E-state index < -0.39 is 23.6 Å². The highest BCUT2D eigenvalue weighted by molar-refractivity contribution is 6.01. The van der Waals surface area contributed by atoms with E-state index in [1.165, 1.54) is 36.4 Å². The van der Waals surface area contributed by atoms with Gasteiger partial charge in [-0.2, -0.15) is 0 Å². The summed E-state index contributed by atoms with van der Waals surface area (Å²) >= 11 is 0. The predicted octanol–water partition coefficient (Wildman–Crippen LogP) is 4.35. The minimum absolute atomic E-state index is 0.0195. The highest BCUT2D eigenvalue weighted by Gasteiger charge is 2.11. The fourth-order valence-electron chi connectivity index (χ4n) is 2.49. The maximum absolute atomic E-state index is 14.3. The lowest BCUT2D eigenvalue weighted by Gasteiger charge is -2.10. The van der Waals surface area contributed by atoms with Crippen molar-refractivity contribution in [1.82, 2.24) is 10.3 Å². The van der Waals surface area contributed by atoms with E-state index >= 15 is 0 Å². The Morgan fingerprint density at radius 3 is 2.48 bits per heavy atom. The Balaban J connectivity index is 1.56. The third-order valence-corrected chi connectivity index (χ3v) is 3.82. The molecule has 0 saturated heterocycles. The minimum atomic E-state index is -0.810. The number of hydrogen-bond donors (Lipinski definition) is 2. The first-order chi connectivity index (χ1) is 13.9. The van der Waals surface area contributed by atoms with Gasteiger partial charge in [0.2, 0.25) is 5.91 Å². The van der Waals surface area contributed by atoms with Gasteiger partial charge in [0.1, 0.15) is 11.6 Å². The van der Waals surface area contributed by atoms with Crippen LogP contribution in [0.3, 0.4) is 0 Å². The maximum Gasteiger partial charge on any atom is 0.325 e. The first-order valence-corrected chi connectivity index (χ1v) is 8.64. The van der Waals surface area contributed by atoms with Crippen LogP contribution < -0.4 is 15.4 Å². The van der Waals surface area contributed by atoms with Crippen molar-refractivity contribution >= 4 is 17.6 Å². The molecule has 3 aromatic rings. The molecule has 2 N–H and O–H groups in total. The van der Waals surface area contributed by atoms with Gasteiger partial charge in [0.05, 0.1) is 6.42 Å². The molecule has 1 heterocycles. The van der Waals surface area contributed by atoms with E-state index in [1.54, 1.807) is 25.3 Å². The molecule has 2 aromatic carbocycles. The van der Waals surface area contributed by atoms with Crippen LogP contribution in [0, 0.1) is 18.6 Å². The number of aryl methyl sites for hydroxylation is 1. The standard InChI is InChI=1S/C21H17F2N3O3/c1-13-10-17(8-9-24-13)29-19-7-6-16(12-18(19)23)25-21(28)26-20(27)11-14-2-4-15(22)5-3-14/h2-10,12H,11H2,1H3,(H2,25,26,27,28). The molecule has 0 aliphatic carbocycles. The largest absolute Gasteiger partial charge is 0.454 e. The quantitative estimate of drug-likeness (QED) is 0.671. The zero-order chi connectivity index (χ0) is 20.8. The van der Waals surface area contributed by atoms with E-state index in [9.17, 15) is 18.4 Å². The highest BCUT2D eigenvalue weighted by atomic mass is 19.1. The molecule has 0 atom stereocenters. The number of nitrogens with one attached hydrogen (secondary N) is 2. The summed E-state index contributed by atoms with van der Waals surface area (Å²) in [7, 11) is 0. The van der Waals surface area contributed by atoms with E-state index in [0.717, 1.165) is 11.8 Å². The van der Waals surface area contributed by atoms with Crippen LogP contribution in [-0.4, -0.2) is 16.9 Å².